The predicted octanol–water partition coefficient (Wildman–Crippen LogP) is 1.84. The Morgan fingerprint density at radius 3 is 2.52 bits per heavy atom. The Hall–Kier alpha value is -2.24. The minimum atomic E-state index is 0.0000670. The van der Waals surface area contributed by atoms with Gasteiger partial charge in [-0.1, -0.05) is 6.07 Å². The fraction of sp³-hybridized carbons (Fsp3) is 0.579. The molecule has 2 fully saturated rings. The van der Waals surface area contributed by atoms with Crippen LogP contribution in [0.3, 0.4) is 0 Å². The molecule has 0 aromatic heterocycles. The number of rotatable bonds is 7. The van der Waals surface area contributed by atoms with Crippen LogP contribution in [-0.4, -0.2) is 50.1 Å². The first-order chi connectivity index (χ1) is 12.2. The van der Waals surface area contributed by atoms with Crippen LogP contribution in [0.25, 0.3) is 0 Å². The molecular weight excluding hydrogens is 320 g/mol. The Balaban J connectivity index is 1.33. The average molecular weight is 346 g/mol. The second-order valence-electron chi connectivity index (χ2n) is 6.69. The molecule has 1 aliphatic carbocycles. The number of carbonyl (C=O) groups excluding carboxylic acids is 2. The van der Waals surface area contributed by atoms with E-state index in [1.807, 2.05) is 29.2 Å². The lowest BCUT2D eigenvalue weighted by atomic mass is 9.95. The Kier molecular flexibility index (Phi) is 5.79. The van der Waals surface area contributed by atoms with Crippen molar-refractivity contribution < 1.29 is 19.1 Å². The van der Waals surface area contributed by atoms with Crippen LogP contribution in [0, 0.1) is 11.8 Å². The molecule has 0 atom stereocenters. The summed E-state index contributed by atoms with van der Waals surface area (Å²) in [6.45, 7) is 2.29. The van der Waals surface area contributed by atoms with Crippen LogP contribution in [0.15, 0.2) is 24.3 Å². The Morgan fingerprint density at radius 1 is 1.12 bits per heavy atom. The molecule has 2 amide bonds. The summed E-state index contributed by atoms with van der Waals surface area (Å²) in [5.74, 6) is 2.08. The number of likely N-dealkylation sites (tertiary alicyclic amines) is 1. The summed E-state index contributed by atoms with van der Waals surface area (Å²) in [5.41, 5.74) is 0. The van der Waals surface area contributed by atoms with Crippen molar-refractivity contribution in [2.75, 3.05) is 33.4 Å². The van der Waals surface area contributed by atoms with E-state index < -0.39 is 0 Å². The summed E-state index contributed by atoms with van der Waals surface area (Å²) in [4.78, 5) is 26.2. The normalized spacial score (nSPS) is 17.9. The molecule has 1 aromatic carbocycles. The van der Waals surface area contributed by atoms with Gasteiger partial charge in [-0.05, 0) is 37.8 Å². The van der Waals surface area contributed by atoms with Gasteiger partial charge in [0.1, 0.15) is 18.1 Å². The van der Waals surface area contributed by atoms with Crippen molar-refractivity contribution >= 4 is 11.8 Å². The minimum absolute atomic E-state index is 0.0000670. The maximum atomic E-state index is 12.2. The zero-order chi connectivity index (χ0) is 17.6. The first kappa shape index (κ1) is 17.6. The van der Waals surface area contributed by atoms with Gasteiger partial charge in [-0.15, -0.1) is 0 Å². The lowest BCUT2D eigenvalue weighted by Gasteiger charge is -2.31. The summed E-state index contributed by atoms with van der Waals surface area (Å²) in [5, 5.41) is 2.93. The zero-order valence-corrected chi connectivity index (χ0v) is 14.7. The lowest BCUT2D eigenvalue weighted by Crippen LogP contribution is -2.44. The molecule has 1 saturated carbocycles. The SMILES string of the molecule is COc1cccc(OCCNC(=O)C2CCN(C(=O)C3CC3)CC2)c1. The van der Waals surface area contributed by atoms with E-state index in [-0.39, 0.29) is 23.7 Å². The van der Waals surface area contributed by atoms with Gasteiger partial charge in [0.2, 0.25) is 11.8 Å². The largest absolute Gasteiger partial charge is 0.497 e. The van der Waals surface area contributed by atoms with Gasteiger partial charge in [0.05, 0.1) is 13.7 Å². The average Bonchev–Trinajstić information content (AvgIpc) is 3.50. The van der Waals surface area contributed by atoms with E-state index in [4.69, 9.17) is 9.47 Å². The van der Waals surface area contributed by atoms with Crippen molar-refractivity contribution in [1.29, 1.82) is 0 Å². The molecule has 1 saturated heterocycles. The highest BCUT2D eigenvalue weighted by atomic mass is 16.5. The number of methoxy groups -OCH3 is 1. The van der Waals surface area contributed by atoms with Crippen LogP contribution < -0.4 is 14.8 Å². The summed E-state index contributed by atoms with van der Waals surface area (Å²) in [6, 6.07) is 7.39. The number of ether oxygens (including phenoxy) is 2. The lowest BCUT2D eigenvalue weighted by molar-refractivity contribution is -0.136. The highest BCUT2D eigenvalue weighted by Crippen LogP contribution is 2.32. The molecule has 1 aromatic rings. The number of nitrogens with one attached hydrogen (secondary N) is 1. The van der Waals surface area contributed by atoms with Crippen LogP contribution in [-0.2, 0) is 9.59 Å². The van der Waals surface area contributed by atoms with Gasteiger partial charge in [-0.3, -0.25) is 9.59 Å². The zero-order valence-electron chi connectivity index (χ0n) is 14.7. The fourth-order valence-corrected chi connectivity index (χ4v) is 3.13. The third-order valence-corrected chi connectivity index (χ3v) is 4.82. The molecule has 3 rings (SSSR count). The van der Waals surface area contributed by atoms with Crippen molar-refractivity contribution in [2.24, 2.45) is 11.8 Å². The maximum Gasteiger partial charge on any atom is 0.225 e. The molecule has 0 radical (unpaired) electrons. The molecule has 0 bridgehead atoms. The van der Waals surface area contributed by atoms with Crippen molar-refractivity contribution in [3.8, 4) is 11.5 Å². The number of hydrogen-bond donors (Lipinski definition) is 1. The van der Waals surface area contributed by atoms with Crippen molar-refractivity contribution in [3.63, 3.8) is 0 Å². The molecule has 0 spiro atoms. The number of amides is 2. The fourth-order valence-electron chi connectivity index (χ4n) is 3.13. The smallest absolute Gasteiger partial charge is 0.225 e. The molecule has 1 aliphatic heterocycles. The number of hydrogen-bond acceptors (Lipinski definition) is 4. The van der Waals surface area contributed by atoms with Crippen LogP contribution in [0.4, 0.5) is 0 Å². The number of benzene rings is 1. The number of piperidine rings is 1. The van der Waals surface area contributed by atoms with Gasteiger partial charge >= 0.3 is 0 Å². The standard InChI is InChI=1S/C19H26N2O4/c1-24-16-3-2-4-17(13-16)25-12-9-20-18(22)14-7-10-21(11-8-14)19(23)15-5-6-15/h2-4,13-15H,5-12H2,1H3,(H,20,22). The van der Waals surface area contributed by atoms with Crippen LogP contribution >= 0.6 is 0 Å². The van der Waals surface area contributed by atoms with Gasteiger partial charge < -0.3 is 19.7 Å². The third kappa shape index (κ3) is 4.87. The highest BCUT2D eigenvalue weighted by Gasteiger charge is 2.35. The maximum absolute atomic E-state index is 12.2. The topological polar surface area (TPSA) is 67.9 Å². The molecule has 6 nitrogen and oxygen atoms in total. The van der Waals surface area contributed by atoms with Crippen molar-refractivity contribution in [2.45, 2.75) is 25.7 Å². The van der Waals surface area contributed by atoms with E-state index in [1.54, 1.807) is 7.11 Å². The van der Waals surface area contributed by atoms with Crippen LogP contribution in [0.1, 0.15) is 25.7 Å². The Bertz CT molecular complexity index is 607. The number of nitrogens with zero attached hydrogens (tertiary/aromatic N) is 1. The van der Waals surface area contributed by atoms with E-state index in [0.717, 1.165) is 37.2 Å². The van der Waals surface area contributed by atoms with Crippen molar-refractivity contribution in [3.05, 3.63) is 24.3 Å². The molecule has 1 N–H and O–H groups in total. The van der Waals surface area contributed by atoms with E-state index in [9.17, 15) is 9.59 Å². The molecule has 1 heterocycles. The summed E-state index contributed by atoms with van der Waals surface area (Å²) in [6.07, 6.45) is 3.57. The molecule has 6 heteroatoms. The second kappa shape index (κ2) is 8.23. The van der Waals surface area contributed by atoms with Crippen molar-refractivity contribution in [1.82, 2.24) is 10.2 Å². The van der Waals surface area contributed by atoms with Gasteiger partial charge in [0.15, 0.2) is 0 Å². The highest BCUT2D eigenvalue weighted by molar-refractivity contribution is 5.82. The van der Waals surface area contributed by atoms with Gasteiger partial charge in [0, 0.05) is 31.0 Å². The van der Waals surface area contributed by atoms with E-state index in [1.165, 1.54) is 0 Å². The first-order valence-corrected chi connectivity index (χ1v) is 9.00. The Morgan fingerprint density at radius 2 is 1.84 bits per heavy atom. The molecule has 25 heavy (non-hydrogen) atoms. The third-order valence-electron chi connectivity index (χ3n) is 4.82. The first-order valence-electron chi connectivity index (χ1n) is 9.00. The summed E-state index contributed by atoms with van der Waals surface area (Å²) < 4.78 is 10.8. The Labute approximate surface area is 148 Å². The minimum Gasteiger partial charge on any atom is -0.497 e. The van der Waals surface area contributed by atoms with Crippen LogP contribution in [0.2, 0.25) is 0 Å². The summed E-state index contributed by atoms with van der Waals surface area (Å²) >= 11 is 0. The number of carbonyl (C=O) groups is 2. The molecular formula is C19H26N2O4. The van der Waals surface area contributed by atoms with E-state index >= 15 is 0 Å². The second-order valence-corrected chi connectivity index (χ2v) is 6.69. The molecule has 0 unspecified atom stereocenters. The van der Waals surface area contributed by atoms with Gasteiger partial charge in [-0.25, -0.2) is 0 Å². The van der Waals surface area contributed by atoms with Crippen LogP contribution in [0.5, 0.6) is 11.5 Å². The van der Waals surface area contributed by atoms with Gasteiger partial charge in [0.25, 0.3) is 0 Å². The van der Waals surface area contributed by atoms with E-state index in [0.29, 0.717) is 26.2 Å². The summed E-state index contributed by atoms with van der Waals surface area (Å²) in [7, 11) is 1.61. The van der Waals surface area contributed by atoms with Gasteiger partial charge in [-0.2, -0.15) is 0 Å². The molecule has 136 valence electrons. The monoisotopic (exact) mass is 346 g/mol. The van der Waals surface area contributed by atoms with E-state index in [2.05, 4.69) is 5.32 Å². The predicted molar refractivity (Wildman–Crippen MR) is 93.5 cm³/mol. The quantitative estimate of drug-likeness (QED) is 0.765. The molecule has 2 aliphatic rings.